The summed E-state index contributed by atoms with van der Waals surface area (Å²) in [5.41, 5.74) is 1.44. The van der Waals surface area contributed by atoms with Gasteiger partial charge in [-0.25, -0.2) is 5.06 Å². The summed E-state index contributed by atoms with van der Waals surface area (Å²) in [6.07, 6.45) is -1.13. The van der Waals surface area contributed by atoms with E-state index >= 15 is 0 Å². The summed E-state index contributed by atoms with van der Waals surface area (Å²) >= 11 is 0. The number of anilines is 1. The minimum absolute atomic E-state index is 0.0987. The molecule has 0 radical (unpaired) electrons. The van der Waals surface area contributed by atoms with E-state index in [1.807, 2.05) is 30.3 Å². The first-order valence-electron chi connectivity index (χ1n) is 11.8. The van der Waals surface area contributed by atoms with E-state index in [-0.39, 0.29) is 12.2 Å². The predicted molar refractivity (Wildman–Crippen MR) is 135 cm³/mol. The molecule has 2 aliphatic rings. The lowest BCUT2D eigenvalue weighted by atomic mass is 9.89. The number of hydrogen-bond acceptors (Lipinski definition) is 9. The number of nitro groups is 1. The predicted octanol–water partition coefficient (Wildman–Crippen LogP) is 3.67. The first-order chi connectivity index (χ1) is 18.4. The molecule has 196 valence electrons. The van der Waals surface area contributed by atoms with Gasteiger partial charge in [0.25, 0.3) is 11.6 Å². The van der Waals surface area contributed by atoms with Crippen molar-refractivity contribution in [3.8, 4) is 17.2 Å². The molecule has 0 unspecified atom stereocenters. The molecule has 2 fully saturated rings. The van der Waals surface area contributed by atoms with Crippen molar-refractivity contribution in [3.05, 3.63) is 88.0 Å². The molecule has 5 rings (SSSR count). The Bertz CT molecular complexity index is 1400. The van der Waals surface area contributed by atoms with Gasteiger partial charge in [-0.3, -0.25) is 29.4 Å². The van der Waals surface area contributed by atoms with Gasteiger partial charge in [0.2, 0.25) is 11.7 Å². The zero-order valence-corrected chi connectivity index (χ0v) is 20.9. The van der Waals surface area contributed by atoms with Crippen molar-refractivity contribution in [2.45, 2.75) is 18.7 Å². The van der Waals surface area contributed by atoms with E-state index in [1.54, 1.807) is 18.2 Å². The number of imide groups is 1. The maximum absolute atomic E-state index is 13.8. The lowest BCUT2D eigenvalue weighted by Gasteiger charge is -2.30. The SMILES string of the molecule is COc1ccc([C@@H]2[C@@H]3C(=O)N(Cc4ccccc4)C(=O)[C@H]3ON2c2cccc([N+](=O)[O-])c2)c(OC)c1OC. The van der Waals surface area contributed by atoms with E-state index in [0.717, 1.165) is 5.56 Å². The van der Waals surface area contributed by atoms with Gasteiger partial charge >= 0.3 is 0 Å². The molecule has 2 amide bonds. The van der Waals surface area contributed by atoms with E-state index in [2.05, 4.69) is 0 Å². The van der Waals surface area contributed by atoms with Crippen molar-refractivity contribution in [2.75, 3.05) is 26.4 Å². The normalized spacial score (nSPS) is 20.4. The lowest BCUT2D eigenvalue weighted by Crippen LogP contribution is -2.37. The lowest BCUT2D eigenvalue weighted by molar-refractivity contribution is -0.384. The maximum Gasteiger partial charge on any atom is 0.271 e. The molecule has 0 aromatic heterocycles. The minimum atomic E-state index is -1.13. The Morgan fingerprint density at radius 2 is 1.63 bits per heavy atom. The van der Waals surface area contributed by atoms with Crippen LogP contribution >= 0.6 is 0 Å². The highest BCUT2D eigenvalue weighted by Gasteiger charge is 2.60. The molecule has 11 nitrogen and oxygen atoms in total. The van der Waals surface area contributed by atoms with Crippen LogP contribution in [-0.4, -0.2) is 49.1 Å². The summed E-state index contributed by atoms with van der Waals surface area (Å²) in [4.78, 5) is 45.5. The second-order valence-electron chi connectivity index (χ2n) is 8.77. The van der Waals surface area contributed by atoms with Crippen LogP contribution in [0.3, 0.4) is 0 Å². The topological polar surface area (TPSA) is 121 Å². The Morgan fingerprint density at radius 3 is 2.29 bits per heavy atom. The van der Waals surface area contributed by atoms with Crippen molar-refractivity contribution in [3.63, 3.8) is 0 Å². The number of carbonyl (C=O) groups excluding carboxylic acids is 2. The molecule has 0 aliphatic carbocycles. The van der Waals surface area contributed by atoms with Crippen molar-refractivity contribution >= 4 is 23.2 Å². The number of hydroxylamine groups is 1. The highest BCUT2D eigenvalue weighted by Crippen LogP contribution is 2.52. The van der Waals surface area contributed by atoms with Crippen LogP contribution in [0.2, 0.25) is 0 Å². The third kappa shape index (κ3) is 4.06. The zero-order chi connectivity index (χ0) is 27.0. The van der Waals surface area contributed by atoms with E-state index in [1.165, 1.54) is 49.5 Å². The summed E-state index contributed by atoms with van der Waals surface area (Å²) in [5.74, 6) is -0.853. The standard InChI is InChI=1S/C27H25N3O8/c1-35-20-13-12-19(23(36-2)24(20)37-3)22-21-25(38-29(22)17-10-7-11-18(14-17)30(33)34)27(32)28(26(21)31)15-16-8-5-4-6-9-16/h4-14,21-22,25H,15H2,1-3H3/t21-,22+,25-/m0/s1. The van der Waals surface area contributed by atoms with Gasteiger partial charge < -0.3 is 14.2 Å². The number of likely N-dealkylation sites (tertiary alicyclic amines) is 1. The smallest absolute Gasteiger partial charge is 0.271 e. The summed E-state index contributed by atoms with van der Waals surface area (Å²) in [5, 5.41) is 12.8. The van der Waals surface area contributed by atoms with Crippen molar-refractivity contribution in [1.82, 2.24) is 4.90 Å². The van der Waals surface area contributed by atoms with Crippen LogP contribution in [0.4, 0.5) is 11.4 Å². The first kappa shape index (κ1) is 25.0. The second kappa shape index (κ2) is 10.0. The molecule has 3 atom stereocenters. The molecule has 0 bridgehead atoms. The Hall–Kier alpha value is -4.64. The van der Waals surface area contributed by atoms with Gasteiger partial charge in [0.15, 0.2) is 17.6 Å². The van der Waals surface area contributed by atoms with E-state index in [4.69, 9.17) is 19.0 Å². The molecule has 0 saturated carbocycles. The number of non-ortho nitro benzene ring substituents is 1. The monoisotopic (exact) mass is 519 g/mol. The van der Waals surface area contributed by atoms with Crippen molar-refractivity contribution < 1.29 is 33.6 Å². The van der Waals surface area contributed by atoms with E-state index in [9.17, 15) is 19.7 Å². The first-order valence-corrected chi connectivity index (χ1v) is 11.8. The number of ether oxygens (including phenoxy) is 3. The van der Waals surface area contributed by atoms with Gasteiger partial charge in [-0.05, 0) is 23.8 Å². The third-order valence-corrected chi connectivity index (χ3v) is 6.74. The van der Waals surface area contributed by atoms with Gasteiger partial charge in [-0.2, -0.15) is 0 Å². The van der Waals surface area contributed by atoms with Crippen molar-refractivity contribution in [2.24, 2.45) is 5.92 Å². The molecule has 11 heteroatoms. The summed E-state index contributed by atoms with van der Waals surface area (Å²) in [7, 11) is 4.40. The molecule has 3 aromatic rings. The molecular weight excluding hydrogens is 494 g/mol. The third-order valence-electron chi connectivity index (χ3n) is 6.74. The minimum Gasteiger partial charge on any atom is -0.493 e. The van der Waals surface area contributed by atoms with Gasteiger partial charge in [0.1, 0.15) is 12.0 Å². The van der Waals surface area contributed by atoms with Crippen LogP contribution in [0.1, 0.15) is 17.2 Å². The summed E-state index contributed by atoms with van der Waals surface area (Å²) in [6.45, 7) is 0.0987. The highest BCUT2D eigenvalue weighted by molar-refractivity contribution is 6.07. The molecule has 2 saturated heterocycles. The molecule has 3 aromatic carbocycles. The average Bonchev–Trinajstić information content (AvgIpc) is 3.44. The molecule has 2 aliphatic heterocycles. The Labute approximate surface area is 218 Å². The van der Waals surface area contributed by atoms with Crippen LogP contribution < -0.4 is 19.3 Å². The van der Waals surface area contributed by atoms with E-state index < -0.39 is 34.8 Å². The fraction of sp³-hybridized carbons (Fsp3) is 0.259. The fourth-order valence-corrected chi connectivity index (χ4v) is 5.03. The summed E-state index contributed by atoms with van der Waals surface area (Å²) in [6, 6.07) is 17.5. The van der Waals surface area contributed by atoms with E-state index in [0.29, 0.717) is 28.5 Å². The van der Waals surface area contributed by atoms with Gasteiger partial charge in [-0.1, -0.05) is 36.4 Å². The molecule has 0 N–H and O–H groups in total. The molecular formula is C27H25N3O8. The number of methoxy groups -OCH3 is 3. The Morgan fingerprint density at radius 1 is 0.895 bits per heavy atom. The number of rotatable bonds is 8. The molecule has 38 heavy (non-hydrogen) atoms. The second-order valence-corrected chi connectivity index (χ2v) is 8.77. The number of nitrogens with zero attached hydrogens (tertiary/aromatic N) is 3. The van der Waals surface area contributed by atoms with Crippen LogP contribution in [0.15, 0.2) is 66.7 Å². The largest absolute Gasteiger partial charge is 0.493 e. The Kier molecular flexibility index (Phi) is 6.60. The Balaban J connectivity index is 1.63. The van der Waals surface area contributed by atoms with Gasteiger partial charge in [-0.15, -0.1) is 0 Å². The highest BCUT2D eigenvalue weighted by atomic mass is 16.7. The number of hydrogen-bond donors (Lipinski definition) is 0. The van der Waals surface area contributed by atoms with Crippen LogP contribution in [0.5, 0.6) is 17.2 Å². The quantitative estimate of drug-likeness (QED) is 0.249. The zero-order valence-electron chi connectivity index (χ0n) is 20.9. The van der Waals surface area contributed by atoms with Crippen LogP contribution in [-0.2, 0) is 21.0 Å². The molecule has 2 heterocycles. The summed E-state index contributed by atoms with van der Waals surface area (Å²) < 4.78 is 16.6. The maximum atomic E-state index is 13.8. The number of benzene rings is 3. The number of nitro benzene ring substituents is 1. The number of fused-ring (bicyclic) bond motifs is 1. The van der Waals surface area contributed by atoms with Crippen LogP contribution in [0, 0.1) is 16.0 Å². The van der Waals surface area contributed by atoms with Gasteiger partial charge in [0.05, 0.1) is 38.5 Å². The van der Waals surface area contributed by atoms with Crippen LogP contribution in [0.25, 0.3) is 0 Å². The number of amides is 2. The average molecular weight is 520 g/mol. The van der Waals surface area contributed by atoms with Gasteiger partial charge in [0, 0.05) is 17.7 Å². The van der Waals surface area contributed by atoms with Crippen molar-refractivity contribution in [1.29, 1.82) is 0 Å². The fourth-order valence-electron chi connectivity index (χ4n) is 5.03. The number of carbonyl (C=O) groups is 2. The molecule has 0 spiro atoms.